The highest BCUT2D eigenvalue weighted by molar-refractivity contribution is 7.99. The summed E-state index contributed by atoms with van der Waals surface area (Å²) in [5.41, 5.74) is 3.02. The summed E-state index contributed by atoms with van der Waals surface area (Å²) in [6, 6.07) is 15.6. The minimum absolute atomic E-state index is 0.0398. The zero-order chi connectivity index (χ0) is 20.9. The number of thioether (sulfide) groups is 1. The van der Waals surface area contributed by atoms with Crippen LogP contribution in [-0.2, 0) is 9.53 Å². The van der Waals surface area contributed by atoms with E-state index in [0.29, 0.717) is 22.5 Å². The quantitative estimate of drug-likeness (QED) is 0.553. The van der Waals surface area contributed by atoms with Crippen molar-refractivity contribution in [2.75, 3.05) is 18.9 Å². The minimum atomic E-state index is -0.0398. The lowest BCUT2D eigenvalue weighted by Crippen LogP contribution is -2.32. The van der Waals surface area contributed by atoms with E-state index < -0.39 is 0 Å². The van der Waals surface area contributed by atoms with E-state index in [0.717, 1.165) is 30.7 Å². The average molecular weight is 443 g/mol. The second-order valence-electron chi connectivity index (χ2n) is 7.21. The van der Waals surface area contributed by atoms with Crippen molar-refractivity contribution < 1.29 is 9.53 Å². The van der Waals surface area contributed by atoms with Crippen LogP contribution in [-0.4, -0.2) is 45.7 Å². The molecule has 1 fully saturated rings. The van der Waals surface area contributed by atoms with E-state index in [1.54, 1.807) is 0 Å². The number of nitrogens with one attached hydrogen (secondary N) is 1. The van der Waals surface area contributed by atoms with Crippen LogP contribution in [0.4, 0.5) is 0 Å². The van der Waals surface area contributed by atoms with E-state index in [2.05, 4.69) is 15.5 Å². The number of benzene rings is 2. The van der Waals surface area contributed by atoms with Gasteiger partial charge in [-0.3, -0.25) is 9.36 Å². The van der Waals surface area contributed by atoms with Crippen LogP contribution in [0.25, 0.3) is 17.1 Å². The Bertz CT molecular complexity index is 999. The smallest absolute Gasteiger partial charge is 0.230 e. The number of aryl methyl sites for hydroxylation is 1. The normalized spacial score (nSPS) is 16.0. The van der Waals surface area contributed by atoms with Gasteiger partial charge in [-0.25, -0.2) is 0 Å². The van der Waals surface area contributed by atoms with Gasteiger partial charge in [0.1, 0.15) is 0 Å². The first-order valence-corrected chi connectivity index (χ1v) is 11.3. The summed E-state index contributed by atoms with van der Waals surface area (Å²) in [6.07, 6.45) is 2.19. The summed E-state index contributed by atoms with van der Waals surface area (Å²) in [5, 5.41) is 13.0. The Morgan fingerprint density at radius 2 is 1.97 bits per heavy atom. The topological polar surface area (TPSA) is 69.0 Å². The number of ether oxygens (including phenoxy) is 1. The second kappa shape index (κ2) is 9.64. The molecule has 4 rings (SSSR count). The van der Waals surface area contributed by atoms with Gasteiger partial charge < -0.3 is 10.1 Å². The molecule has 1 N–H and O–H groups in total. The van der Waals surface area contributed by atoms with Crippen molar-refractivity contribution in [3.8, 4) is 17.1 Å². The molecule has 0 radical (unpaired) electrons. The number of hydrogen-bond acceptors (Lipinski definition) is 5. The standard InChI is InChI=1S/C22H23ClN4O2S/c1-15-4-10-18(11-5-15)27-21(16-6-8-17(23)9-7-16)25-26-22(27)30-14-20(28)24-13-19-3-2-12-29-19/h4-11,19H,2-3,12-14H2,1H3,(H,24,28)/t19-/m1/s1. The highest BCUT2D eigenvalue weighted by Crippen LogP contribution is 2.28. The van der Waals surface area contributed by atoms with Crippen LogP contribution < -0.4 is 5.32 Å². The van der Waals surface area contributed by atoms with Gasteiger partial charge in [0.15, 0.2) is 11.0 Å². The van der Waals surface area contributed by atoms with E-state index >= 15 is 0 Å². The summed E-state index contributed by atoms with van der Waals surface area (Å²) in [7, 11) is 0. The number of aromatic nitrogens is 3. The zero-order valence-corrected chi connectivity index (χ0v) is 18.2. The molecule has 1 atom stereocenters. The SMILES string of the molecule is Cc1ccc(-n2c(SCC(=O)NC[C@H]3CCCO3)nnc2-c2ccc(Cl)cc2)cc1. The van der Waals surface area contributed by atoms with Crippen molar-refractivity contribution in [2.45, 2.75) is 31.0 Å². The lowest BCUT2D eigenvalue weighted by atomic mass is 10.2. The molecule has 2 aromatic carbocycles. The van der Waals surface area contributed by atoms with Crippen LogP contribution in [0, 0.1) is 6.92 Å². The molecule has 30 heavy (non-hydrogen) atoms. The first-order valence-electron chi connectivity index (χ1n) is 9.89. The van der Waals surface area contributed by atoms with Crippen LogP contribution in [0.3, 0.4) is 0 Å². The molecule has 6 nitrogen and oxygen atoms in total. The minimum Gasteiger partial charge on any atom is -0.376 e. The van der Waals surface area contributed by atoms with Gasteiger partial charge in [0.25, 0.3) is 0 Å². The van der Waals surface area contributed by atoms with Gasteiger partial charge in [-0.1, -0.05) is 41.1 Å². The van der Waals surface area contributed by atoms with Gasteiger partial charge in [-0.15, -0.1) is 10.2 Å². The van der Waals surface area contributed by atoms with Crippen LogP contribution in [0.1, 0.15) is 18.4 Å². The number of carbonyl (C=O) groups is 1. The third-order valence-electron chi connectivity index (χ3n) is 4.91. The molecule has 0 saturated carbocycles. The first kappa shape index (κ1) is 20.9. The summed E-state index contributed by atoms with van der Waals surface area (Å²) in [6.45, 7) is 3.38. The number of nitrogens with zero attached hydrogens (tertiary/aromatic N) is 3. The molecule has 2 heterocycles. The summed E-state index contributed by atoms with van der Waals surface area (Å²) in [5.74, 6) is 0.928. The molecular formula is C22H23ClN4O2S. The molecule has 1 amide bonds. The van der Waals surface area contributed by atoms with Gasteiger partial charge in [-0.2, -0.15) is 0 Å². The van der Waals surface area contributed by atoms with Crippen molar-refractivity contribution in [2.24, 2.45) is 0 Å². The molecule has 0 aliphatic carbocycles. The molecule has 0 spiro atoms. The predicted octanol–water partition coefficient (Wildman–Crippen LogP) is 4.28. The molecule has 3 aromatic rings. The molecule has 156 valence electrons. The molecular weight excluding hydrogens is 420 g/mol. The van der Waals surface area contributed by atoms with E-state index in [4.69, 9.17) is 16.3 Å². The van der Waals surface area contributed by atoms with E-state index in [1.807, 2.05) is 60.0 Å². The second-order valence-corrected chi connectivity index (χ2v) is 8.59. The van der Waals surface area contributed by atoms with Crippen LogP contribution in [0.2, 0.25) is 5.02 Å². The number of hydrogen-bond donors (Lipinski definition) is 1. The van der Waals surface area contributed by atoms with Crippen molar-refractivity contribution in [3.63, 3.8) is 0 Å². The fourth-order valence-corrected chi connectivity index (χ4v) is 4.20. The molecule has 0 unspecified atom stereocenters. The van der Waals surface area contributed by atoms with E-state index in [1.165, 1.54) is 17.3 Å². The van der Waals surface area contributed by atoms with Gasteiger partial charge in [-0.05, 0) is 56.2 Å². The molecule has 1 aromatic heterocycles. The fourth-order valence-electron chi connectivity index (χ4n) is 3.29. The average Bonchev–Trinajstić information content (AvgIpc) is 3.42. The first-order chi connectivity index (χ1) is 14.6. The third-order valence-corrected chi connectivity index (χ3v) is 6.09. The molecule has 1 aliphatic rings. The maximum Gasteiger partial charge on any atom is 0.230 e. The Kier molecular flexibility index (Phi) is 6.72. The van der Waals surface area contributed by atoms with Crippen molar-refractivity contribution >= 4 is 29.3 Å². The molecule has 1 aliphatic heterocycles. The van der Waals surface area contributed by atoms with E-state index in [-0.39, 0.29) is 17.8 Å². The van der Waals surface area contributed by atoms with Crippen LogP contribution >= 0.6 is 23.4 Å². The monoisotopic (exact) mass is 442 g/mol. The Morgan fingerprint density at radius 3 is 2.67 bits per heavy atom. The lowest BCUT2D eigenvalue weighted by Gasteiger charge is -2.12. The van der Waals surface area contributed by atoms with Crippen molar-refractivity contribution in [1.82, 2.24) is 20.1 Å². The molecule has 8 heteroatoms. The summed E-state index contributed by atoms with van der Waals surface area (Å²) < 4.78 is 7.53. The maximum atomic E-state index is 12.3. The molecule has 0 bridgehead atoms. The zero-order valence-electron chi connectivity index (χ0n) is 16.7. The Labute approximate surface area is 185 Å². The highest BCUT2D eigenvalue weighted by Gasteiger charge is 2.19. The number of rotatable bonds is 7. The third kappa shape index (κ3) is 5.03. The Balaban J connectivity index is 1.54. The number of carbonyl (C=O) groups excluding carboxylic acids is 1. The predicted molar refractivity (Wildman–Crippen MR) is 119 cm³/mol. The summed E-state index contributed by atoms with van der Waals surface area (Å²) >= 11 is 7.41. The van der Waals surface area contributed by atoms with Gasteiger partial charge in [0, 0.05) is 29.4 Å². The van der Waals surface area contributed by atoms with E-state index in [9.17, 15) is 4.79 Å². The van der Waals surface area contributed by atoms with Gasteiger partial charge in [0.2, 0.25) is 5.91 Å². The maximum absolute atomic E-state index is 12.3. The largest absolute Gasteiger partial charge is 0.376 e. The lowest BCUT2D eigenvalue weighted by molar-refractivity contribution is -0.119. The van der Waals surface area contributed by atoms with Crippen molar-refractivity contribution in [3.05, 3.63) is 59.1 Å². The van der Waals surface area contributed by atoms with Crippen molar-refractivity contribution in [1.29, 1.82) is 0 Å². The van der Waals surface area contributed by atoms with Crippen LogP contribution in [0.5, 0.6) is 0 Å². The summed E-state index contributed by atoms with van der Waals surface area (Å²) in [4.78, 5) is 12.3. The number of halogens is 1. The fraction of sp³-hybridized carbons (Fsp3) is 0.318. The number of amides is 1. The van der Waals surface area contributed by atoms with Crippen LogP contribution in [0.15, 0.2) is 53.7 Å². The Morgan fingerprint density at radius 1 is 1.20 bits per heavy atom. The highest BCUT2D eigenvalue weighted by atomic mass is 35.5. The van der Waals surface area contributed by atoms with Gasteiger partial charge >= 0.3 is 0 Å². The Hall–Kier alpha value is -2.35. The van der Waals surface area contributed by atoms with Gasteiger partial charge in [0.05, 0.1) is 11.9 Å². The molecule has 1 saturated heterocycles.